The van der Waals surface area contributed by atoms with Gasteiger partial charge in [0.05, 0.1) is 5.60 Å². The van der Waals surface area contributed by atoms with Crippen molar-refractivity contribution in [2.45, 2.75) is 69.4 Å². The summed E-state index contributed by atoms with van der Waals surface area (Å²) in [5, 5.41) is 3.50. The molecule has 0 radical (unpaired) electrons. The van der Waals surface area contributed by atoms with Crippen LogP contribution in [0.15, 0.2) is 18.2 Å². The molecule has 3 aliphatic rings. The molecule has 1 aliphatic carbocycles. The molecule has 1 saturated heterocycles. The number of hydrogen-bond acceptors (Lipinski definition) is 2. The van der Waals surface area contributed by atoms with Gasteiger partial charge < -0.3 is 10.1 Å². The van der Waals surface area contributed by atoms with Gasteiger partial charge in [-0.05, 0) is 61.3 Å². The van der Waals surface area contributed by atoms with Gasteiger partial charge >= 0.3 is 0 Å². The quantitative estimate of drug-likeness (QED) is 0.844. The van der Waals surface area contributed by atoms with Gasteiger partial charge in [0, 0.05) is 13.2 Å². The Hall–Kier alpha value is -0.860. The normalized spacial score (nSPS) is 28.3. The van der Waals surface area contributed by atoms with Gasteiger partial charge in [-0.25, -0.2) is 0 Å². The Morgan fingerprint density at radius 1 is 1.14 bits per heavy atom. The SMILES string of the molecule is c1cc2c(c(C3CCOC4(CCCCC4)C3)c1)CCNC2. The first kappa shape index (κ1) is 13.8. The van der Waals surface area contributed by atoms with Crippen molar-refractivity contribution in [2.75, 3.05) is 13.2 Å². The van der Waals surface area contributed by atoms with Gasteiger partial charge in [0.25, 0.3) is 0 Å². The maximum atomic E-state index is 6.29. The van der Waals surface area contributed by atoms with E-state index < -0.39 is 0 Å². The topological polar surface area (TPSA) is 21.3 Å². The van der Waals surface area contributed by atoms with Crippen molar-refractivity contribution in [3.8, 4) is 0 Å². The molecule has 4 rings (SSSR count). The lowest BCUT2D eigenvalue weighted by Gasteiger charge is -2.44. The standard InChI is InChI=1S/C19H27NO/c1-2-9-19(10-3-1)13-15(8-12-21-19)17-6-4-5-16-14-20-11-7-18(16)17/h4-6,15,20H,1-3,7-14H2. The number of rotatable bonds is 1. The Bertz CT molecular complexity index is 499. The summed E-state index contributed by atoms with van der Waals surface area (Å²) >= 11 is 0. The number of fused-ring (bicyclic) bond motifs is 1. The predicted molar refractivity (Wildman–Crippen MR) is 85.6 cm³/mol. The summed E-state index contributed by atoms with van der Waals surface area (Å²) in [5.41, 5.74) is 5.04. The van der Waals surface area contributed by atoms with Crippen molar-refractivity contribution >= 4 is 0 Å². The molecule has 2 aliphatic heterocycles. The third kappa shape index (κ3) is 2.64. The molecule has 0 amide bonds. The van der Waals surface area contributed by atoms with E-state index in [2.05, 4.69) is 23.5 Å². The number of nitrogens with one attached hydrogen (secondary N) is 1. The molecule has 0 bridgehead atoms. The van der Waals surface area contributed by atoms with Crippen molar-refractivity contribution in [2.24, 2.45) is 0 Å². The predicted octanol–water partition coefficient (Wildman–Crippen LogP) is 3.93. The minimum atomic E-state index is 0.219. The number of ether oxygens (including phenoxy) is 1. The Balaban J connectivity index is 1.61. The van der Waals surface area contributed by atoms with Gasteiger partial charge in [-0.2, -0.15) is 0 Å². The molecule has 1 saturated carbocycles. The molecule has 2 nitrogen and oxygen atoms in total. The van der Waals surface area contributed by atoms with E-state index in [1.165, 1.54) is 56.9 Å². The molecular formula is C19H27NO. The van der Waals surface area contributed by atoms with Crippen molar-refractivity contribution in [1.29, 1.82) is 0 Å². The van der Waals surface area contributed by atoms with Crippen LogP contribution in [0.4, 0.5) is 0 Å². The largest absolute Gasteiger partial charge is 0.375 e. The van der Waals surface area contributed by atoms with Gasteiger partial charge in [0.2, 0.25) is 0 Å². The van der Waals surface area contributed by atoms with Crippen LogP contribution in [0.5, 0.6) is 0 Å². The monoisotopic (exact) mass is 285 g/mol. The van der Waals surface area contributed by atoms with Gasteiger partial charge in [-0.15, -0.1) is 0 Å². The highest BCUT2D eigenvalue weighted by atomic mass is 16.5. The zero-order valence-electron chi connectivity index (χ0n) is 13.0. The molecule has 1 spiro atoms. The van der Waals surface area contributed by atoms with Crippen LogP contribution in [-0.2, 0) is 17.7 Å². The molecule has 1 unspecified atom stereocenters. The lowest BCUT2D eigenvalue weighted by atomic mass is 9.73. The van der Waals surface area contributed by atoms with Gasteiger partial charge in [-0.1, -0.05) is 37.5 Å². The molecule has 2 heterocycles. The molecule has 1 aromatic carbocycles. The number of benzene rings is 1. The lowest BCUT2D eigenvalue weighted by Crippen LogP contribution is -2.41. The second-order valence-electron chi connectivity index (χ2n) is 7.19. The van der Waals surface area contributed by atoms with E-state index in [9.17, 15) is 0 Å². The molecule has 0 aromatic heterocycles. The molecule has 1 atom stereocenters. The van der Waals surface area contributed by atoms with E-state index in [1.54, 1.807) is 11.1 Å². The zero-order chi connectivity index (χ0) is 14.1. The van der Waals surface area contributed by atoms with E-state index in [4.69, 9.17) is 4.74 Å². The highest BCUT2D eigenvalue weighted by molar-refractivity contribution is 5.39. The fourth-order valence-corrected chi connectivity index (χ4v) is 4.78. The maximum Gasteiger partial charge on any atom is 0.0688 e. The van der Waals surface area contributed by atoms with Crippen LogP contribution >= 0.6 is 0 Å². The molecular weight excluding hydrogens is 258 g/mol. The molecule has 1 N–H and O–H groups in total. The highest BCUT2D eigenvalue weighted by Crippen LogP contribution is 2.45. The molecule has 21 heavy (non-hydrogen) atoms. The van der Waals surface area contributed by atoms with Crippen LogP contribution in [-0.4, -0.2) is 18.8 Å². The van der Waals surface area contributed by atoms with Gasteiger partial charge in [0.1, 0.15) is 0 Å². The van der Waals surface area contributed by atoms with E-state index in [1.807, 2.05) is 0 Å². The van der Waals surface area contributed by atoms with Crippen molar-refractivity contribution in [3.05, 3.63) is 34.9 Å². The number of hydrogen-bond donors (Lipinski definition) is 1. The van der Waals surface area contributed by atoms with Crippen LogP contribution in [0.25, 0.3) is 0 Å². The molecule has 2 heteroatoms. The van der Waals surface area contributed by atoms with Crippen LogP contribution in [0, 0.1) is 0 Å². The van der Waals surface area contributed by atoms with Gasteiger partial charge in [0.15, 0.2) is 0 Å². The Kier molecular flexibility index (Phi) is 3.76. The summed E-state index contributed by atoms with van der Waals surface area (Å²) in [5.74, 6) is 0.727. The smallest absolute Gasteiger partial charge is 0.0688 e. The summed E-state index contributed by atoms with van der Waals surface area (Å²) < 4.78 is 6.29. The summed E-state index contributed by atoms with van der Waals surface area (Å²) in [6.45, 7) is 3.16. The lowest BCUT2D eigenvalue weighted by molar-refractivity contribution is -0.106. The first-order chi connectivity index (χ1) is 10.4. The van der Waals surface area contributed by atoms with Crippen LogP contribution in [0.3, 0.4) is 0 Å². The minimum absolute atomic E-state index is 0.219. The maximum absolute atomic E-state index is 6.29. The minimum Gasteiger partial charge on any atom is -0.375 e. The van der Waals surface area contributed by atoms with E-state index in [-0.39, 0.29) is 5.60 Å². The highest BCUT2D eigenvalue weighted by Gasteiger charge is 2.39. The summed E-state index contributed by atoms with van der Waals surface area (Å²) in [6, 6.07) is 6.97. The Morgan fingerprint density at radius 3 is 2.95 bits per heavy atom. The first-order valence-electron chi connectivity index (χ1n) is 8.82. The molecule has 2 fully saturated rings. The summed E-state index contributed by atoms with van der Waals surface area (Å²) in [6.07, 6.45) is 10.4. The van der Waals surface area contributed by atoms with Crippen LogP contribution in [0.2, 0.25) is 0 Å². The fourth-order valence-electron chi connectivity index (χ4n) is 4.78. The van der Waals surface area contributed by atoms with E-state index in [0.29, 0.717) is 0 Å². The van der Waals surface area contributed by atoms with Crippen molar-refractivity contribution in [3.63, 3.8) is 0 Å². The van der Waals surface area contributed by atoms with Crippen molar-refractivity contribution < 1.29 is 4.74 Å². The Labute approximate surface area is 128 Å². The summed E-state index contributed by atoms with van der Waals surface area (Å²) in [4.78, 5) is 0. The van der Waals surface area contributed by atoms with Crippen LogP contribution < -0.4 is 5.32 Å². The van der Waals surface area contributed by atoms with Gasteiger partial charge in [-0.3, -0.25) is 0 Å². The zero-order valence-corrected chi connectivity index (χ0v) is 13.0. The van der Waals surface area contributed by atoms with E-state index in [0.717, 1.165) is 25.6 Å². The molecule has 1 aromatic rings. The average Bonchev–Trinajstić information content (AvgIpc) is 2.55. The first-order valence-corrected chi connectivity index (χ1v) is 8.82. The molecule has 114 valence electrons. The second kappa shape index (κ2) is 5.73. The Morgan fingerprint density at radius 2 is 2.05 bits per heavy atom. The summed E-state index contributed by atoms with van der Waals surface area (Å²) in [7, 11) is 0. The fraction of sp³-hybridized carbons (Fsp3) is 0.684. The van der Waals surface area contributed by atoms with Crippen molar-refractivity contribution in [1.82, 2.24) is 5.32 Å². The van der Waals surface area contributed by atoms with Crippen LogP contribution in [0.1, 0.15) is 67.6 Å². The van der Waals surface area contributed by atoms with E-state index >= 15 is 0 Å². The third-order valence-corrected chi connectivity index (χ3v) is 5.87. The second-order valence-corrected chi connectivity index (χ2v) is 7.19. The third-order valence-electron chi connectivity index (χ3n) is 5.87. The average molecular weight is 285 g/mol.